The van der Waals surface area contributed by atoms with Gasteiger partial charge in [-0.2, -0.15) is 0 Å². The summed E-state index contributed by atoms with van der Waals surface area (Å²) in [5, 5.41) is 8.99. The van der Waals surface area contributed by atoms with Crippen LogP contribution in [0.2, 0.25) is 0 Å². The molecular weight excluding hydrogens is 500 g/mol. The monoisotopic (exact) mass is 526 g/mol. The number of hydrogen-bond donors (Lipinski definition) is 2. The van der Waals surface area contributed by atoms with E-state index < -0.39 is 33.6 Å². The summed E-state index contributed by atoms with van der Waals surface area (Å²) in [6.07, 6.45) is 1.55. The van der Waals surface area contributed by atoms with Crippen molar-refractivity contribution in [1.29, 1.82) is 0 Å². The summed E-state index contributed by atoms with van der Waals surface area (Å²) in [7, 11) is -1.71. The second-order valence-corrected chi connectivity index (χ2v) is 10.9. The average Bonchev–Trinajstić information content (AvgIpc) is 3.29. The summed E-state index contributed by atoms with van der Waals surface area (Å²) < 4.78 is 33.6. The van der Waals surface area contributed by atoms with Gasteiger partial charge in [0.1, 0.15) is 34.0 Å². The van der Waals surface area contributed by atoms with Crippen molar-refractivity contribution in [3.63, 3.8) is 0 Å². The van der Waals surface area contributed by atoms with E-state index in [2.05, 4.69) is 15.8 Å². The molecule has 2 heterocycles. The smallest absolute Gasteiger partial charge is 0.274 e. The molecule has 0 radical (unpaired) electrons. The van der Waals surface area contributed by atoms with Crippen LogP contribution in [0.5, 0.6) is 5.75 Å². The Kier molecular flexibility index (Phi) is 7.58. The molecule has 3 amide bonds. The Hall–Kier alpha value is -4.19. The molecule has 0 saturated heterocycles. The van der Waals surface area contributed by atoms with E-state index in [0.29, 0.717) is 23.6 Å². The number of nitrogens with zero attached hydrogens (tertiary/aromatic N) is 2. The number of hydrogen-bond acceptors (Lipinski definition) is 8. The molecule has 0 spiro atoms. The number of aromatic nitrogens is 1. The van der Waals surface area contributed by atoms with Crippen LogP contribution in [-0.2, 0) is 21.1 Å². The first kappa shape index (κ1) is 25.9. The molecule has 12 heteroatoms. The molecule has 2 aromatic carbocycles. The lowest BCUT2D eigenvalue weighted by molar-refractivity contribution is -0.120. The van der Waals surface area contributed by atoms with Gasteiger partial charge in [-0.25, -0.2) is 8.42 Å². The number of ether oxygens (including phenoxy) is 1. The summed E-state index contributed by atoms with van der Waals surface area (Å²) in [5.41, 5.74) is 1.60. The predicted octanol–water partition coefficient (Wildman–Crippen LogP) is 1.19. The Morgan fingerprint density at radius 2 is 1.86 bits per heavy atom. The lowest BCUT2D eigenvalue weighted by atomic mass is 10.1. The highest BCUT2D eigenvalue weighted by molar-refractivity contribution is 7.90. The van der Waals surface area contributed by atoms with Crippen LogP contribution in [0, 0.1) is 0 Å². The molecule has 3 aromatic rings. The van der Waals surface area contributed by atoms with E-state index in [1.807, 2.05) is 30.3 Å². The molecule has 1 aromatic heterocycles. The fourth-order valence-corrected chi connectivity index (χ4v) is 4.20. The van der Waals surface area contributed by atoms with E-state index in [1.165, 1.54) is 30.1 Å². The second kappa shape index (κ2) is 10.8. The first-order valence-corrected chi connectivity index (χ1v) is 13.5. The Morgan fingerprint density at radius 1 is 1.11 bits per heavy atom. The number of carbonyl (C=O) groups is 3. The first-order valence-electron chi connectivity index (χ1n) is 11.4. The molecule has 2 N–H and O–H groups in total. The normalized spacial score (nSPS) is 15.4. The van der Waals surface area contributed by atoms with Crippen molar-refractivity contribution in [2.24, 2.45) is 0 Å². The molecule has 0 saturated carbocycles. The van der Waals surface area contributed by atoms with Crippen molar-refractivity contribution >= 4 is 33.2 Å². The van der Waals surface area contributed by atoms with Gasteiger partial charge >= 0.3 is 0 Å². The maximum absolute atomic E-state index is 13.1. The third-order valence-corrected chi connectivity index (χ3v) is 6.64. The number of amides is 3. The van der Waals surface area contributed by atoms with Gasteiger partial charge in [0.25, 0.3) is 17.7 Å². The van der Waals surface area contributed by atoms with Gasteiger partial charge in [0.05, 0.1) is 11.4 Å². The number of nitrogens with one attached hydrogen (secondary N) is 2. The van der Waals surface area contributed by atoms with Gasteiger partial charge in [0, 0.05) is 37.9 Å². The third-order valence-electron chi connectivity index (χ3n) is 5.69. The van der Waals surface area contributed by atoms with E-state index in [1.54, 1.807) is 6.07 Å². The third kappa shape index (κ3) is 6.53. The van der Waals surface area contributed by atoms with Crippen molar-refractivity contribution in [2.75, 3.05) is 37.1 Å². The molecule has 0 aliphatic carbocycles. The van der Waals surface area contributed by atoms with Gasteiger partial charge < -0.3 is 24.8 Å². The van der Waals surface area contributed by atoms with Crippen LogP contribution in [-0.4, -0.2) is 69.5 Å². The number of likely N-dealkylation sites (N-methyl/N-ethyl adjacent to an activating group) is 1. The predicted molar refractivity (Wildman–Crippen MR) is 134 cm³/mol. The molecule has 11 nitrogen and oxygen atoms in total. The highest BCUT2D eigenvalue weighted by Gasteiger charge is 2.32. The molecule has 194 valence electrons. The van der Waals surface area contributed by atoms with Crippen molar-refractivity contribution in [3.05, 3.63) is 77.2 Å². The molecule has 37 heavy (non-hydrogen) atoms. The van der Waals surface area contributed by atoms with Crippen LogP contribution < -0.4 is 20.3 Å². The summed E-state index contributed by atoms with van der Waals surface area (Å²) in [6, 6.07) is 14.6. The molecule has 1 atom stereocenters. The number of rotatable bonds is 8. The van der Waals surface area contributed by atoms with Crippen LogP contribution in [0.15, 0.2) is 59.1 Å². The van der Waals surface area contributed by atoms with Crippen LogP contribution in [0.4, 0.5) is 5.69 Å². The van der Waals surface area contributed by atoms with Gasteiger partial charge in [-0.15, -0.1) is 0 Å². The first-order chi connectivity index (χ1) is 17.6. The molecule has 0 unspecified atom stereocenters. The number of fused-ring (bicyclic) bond motifs is 1. The van der Waals surface area contributed by atoms with Crippen LogP contribution in [0.3, 0.4) is 0 Å². The minimum Gasteiger partial charge on any atom is -0.489 e. The van der Waals surface area contributed by atoms with Crippen molar-refractivity contribution in [3.8, 4) is 5.75 Å². The van der Waals surface area contributed by atoms with Gasteiger partial charge in [-0.3, -0.25) is 14.4 Å². The molecule has 1 aliphatic heterocycles. The summed E-state index contributed by atoms with van der Waals surface area (Å²) >= 11 is 0. The summed E-state index contributed by atoms with van der Waals surface area (Å²) in [4.78, 5) is 39.6. The lowest BCUT2D eigenvalue weighted by Crippen LogP contribution is -2.49. The van der Waals surface area contributed by atoms with Crippen LogP contribution in [0.25, 0.3) is 0 Å². The highest BCUT2D eigenvalue weighted by Crippen LogP contribution is 2.31. The van der Waals surface area contributed by atoms with Crippen molar-refractivity contribution in [2.45, 2.75) is 12.5 Å². The number of carbonyl (C=O) groups excluding carboxylic acids is 3. The number of sulfone groups is 1. The zero-order valence-electron chi connectivity index (χ0n) is 20.3. The Labute approximate surface area is 213 Å². The average molecular weight is 527 g/mol. The Bertz CT molecular complexity index is 1420. The van der Waals surface area contributed by atoms with Gasteiger partial charge in [0.15, 0.2) is 5.69 Å². The largest absolute Gasteiger partial charge is 0.489 e. The van der Waals surface area contributed by atoms with E-state index in [-0.39, 0.29) is 30.2 Å². The standard InChI is InChI=1S/C25H26N4O7S/c1-29-21-13-17(23(30)26-10-11-37(2,33)34)8-9-22(21)35-15-20(25(29)32)27-24(31)19-14-18(36-28-19)12-16-6-4-3-5-7-16/h3-9,13-14,20H,10-12,15H2,1-2H3,(H,26,30)(H,27,31)/t20-/m0/s1. The molecule has 0 fully saturated rings. The number of anilines is 1. The number of benzene rings is 2. The minimum atomic E-state index is -3.22. The molecule has 0 bridgehead atoms. The van der Waals surface area contributed by atoms with Crippen LogP contribution >= 0.6 is 0 Å². The SMILES string of the molecule is CN1C(=O)[C@@H](NC(=O)c2cc(Cc3ccccc3)on2)COc2ccc(C(=O)NCCS(C)(=O)=O)cc21. The Morgan fingerprint density at radius 3 is 2.59 bits per heavy atom. The second-order valence-electron chi connectivity index (χ2n) is 8.64. The van der Waals surface area contributed by atoms with Crippen LogP contribution in [0.1, 0.15) is 32.2 Å². The summed E-state index contributed by atoms with van der Waals surface area (Å²) in [6.45, 7) is -0.167. The fourth-order valence-electron chi connectivity index (χ4n) is 3.73. The van der Waals surface area contributed by atoms with Crippen molar-refractivity contribution < 1.29 is 32.1 Å². The molecular formula is C25H26N4O7S. The quantitative estimate of drug-likeness (QED) is 0.445. The maximum atomic E-state index is 13.1. The van der Waals surface area contributed by atoms with E-state index >= 15 is 0 Å². The molecule has 1 aliphatic rings. The lowest BCUT2D eigenvalue weighted by Gasteiger charge is -2.20. The highest BCUT2D eigenvalue weighted by atomic mass is 32.2. The topological polar surface area (TPSA) is 148 Å². The van der Waals surface area contributed by atoms with Gasteiger partial charge in [-0.1, -0.05) is 35.5 Å². The Balaban J connectivity index is 1.41. The van der Waals surface area contributed by atoms with E-state index in [4.69, 9.17) is 9.26 Å². The maximum Gasteiger partial charge on any atom is 0.274 e. The fraction of sp³-hybridized carbons (Fsp3) is 0.280. The zero-order chi connectivity index (χ0) is 26.6. The van der Waals surface area contributed by atoms with E-state index in [0.717, 1.165) is 11.8 Å². The van der Waals surface area contributed by atoms with E-state index in [9.17, 15) is 22.8 Å². The zero-order valence-corrected chi connectivity index (χ0v) is 21.1. The molecule has 4 rings (SSSR count). The minimum absolute atomic E-state index is 0.0381. The summed E-state index contributed by atoms with van der Waals surface area (Å²) in [5.74, 6) is -0.853. The van der Waals surface area contributed by atoms with Crippen molar-refractivity contribution in [1.82, 2.24) is 15.8 Å². The van der Waals surface area contributed by atoms with Gasteiger partial charge in [-0.05, 0) is 23.8 Å². The van der Waals surface area contributed by atoms with Gasteiger partial charge in [0.2, 0.25) is 0 Å².